The van der Waals surface area contributed by atoms with Crippen molar-refractivity contribution in [2.45, 2.75) is 13.8 Å². The summed E-state index contributed by atoms with van der Waals surface area (Å²) >= 11 is 4.36. The Balaban J connectivity index is 3.92. The molecule has 0 aromatic heterocycles. The van der Waals surface area contributed by atoms with Crippen molar-refractivity contribution in [3.8, 4) is 0 Å². The van der Waals surface area contributed by atoms with Crippen molar-refractivity contribution in [1.82, 2.24) is 5.32 Å². The number of hydrogen-bond acceptors (Lipinski definition) is 1. The summed E-state index contributed by atoms with van der Waals surface area (Å²) < 4.78 is 0. The van der Waals surface area contributed by atoms with E-state index < -0.39 is 0 Å². The third kappa shape index (κ3) is 5.07. The van der Waals surface area contributed by atoms with Crippen LogP contribution in [-0.4, -0.2) is 10.3 Å². The molecule has 0 atom stereocenters. The lowest BCUT2D eigenvalue weighted by Gasteiger charge is -1.96. The lowest BCUT2D eigenvalue weighted by molar-refractivity contribution is 0.543. The summed E-state index contributed by atoms with van der Waals surface area (Å²) in [5.74, 6) is 0. The first kappa shape index (κ1) is 8.21. The van der Waals surface area contributed by atoms with E-state index >= 15 is 0 Å². The topological polar surface area (TPSA) is 32.3 Å². The number of nitrogens with one attached hydrogen (secondary N) is 1. The summed E-state index contributed by atoms with van der Waals surface area (Å²) in [5.41, 5.74) is 3.52. The van der Waals surface area contributed by atoms with Crippen molar-refractivity contribution >= 4 is 17.4 Å². The third-order valence-electron chi connectivity index (χ3n) is 0.655. The molecular formula is C6H9NOS. The van der Waals surface area contributed by atoms with Crippen LogP contribution in [0.1, 0.15) is 13.8 Å². The van der Waals surface area contributed by atoms with Crippen LogP contribution in [0.4, 0.5) is 0 Å². The van der Waals surface area contributed by atoms with Gasteiger partial charge in [0.25, 0.3) is 5.17 Å². The Kier molecular flexibility index (Phi) is 3.76. The number of aliphatic hydroxyl groups is 1. The highest BCUT2D eigenvalue weighted by atomic mass is 32.1. The highest BCUT2D eigenvalue weighted by Gasteiger charge is 1.86. The van der Waals surface area contributed by atoms with E-state index in [0.29, 0.717) is 5.70 Å². The lowest BCUT2D eigenvalue weighted by Crippen LogP contribution is -2.17. The molecule has 0 rings (SSSR count). The minimum Gasteiger partial charge on any atom is -0.486 e. The maximum absolute atomic E-state index is 8.50. The van der Waals surface area contributed by atoms with Crippen molar-refractivity contribution in [3.05, 3.63) is 17.5 Å². The molecule has 0 aliphatic heterocycles. The van der Waals surface area contributed by atoms with Gasteiger partial charge in [-0.2, -0.15) is 0 Å². The van der Waals surface area contributed by atoms with Crippen molar-refractivity contribution in [2.75, 3.05) is 0 Å². The largest absolute Gasteiger partial charge is 0.486 e. The molecule has 0 heterocycles. The molecule has 3 heteroatoms. The second-order valence-corrected chi connectivity index (χ2v) is 1.87. The molecule has 0 saturated heterocycles. The van der Waals surface area contributed by atoms with Crippen molar-refractivity contribution in [1.29, 1.82) is 0 Å². The molecule has 0 bridgehead atoms. The first-order valence-corrected chi connectivity index (χ1v) is 2.95. The normalized spacial score (nSPS) is 7.33. The molecule has 0 aromatic rings. The van der Waals surface area contributed by atoms with Gasteiger partial charge in [0.1, 0.15) is 0 Å². The van der Waals surface area contributed by atoms with Gasteiger partial charge in [-0.1, -0.05) is 0 Å². The SMILES string of the molecule is CC=C=C(C)NC(O)=S. The zero-order valence-corrected chi connectivity index (χ0v) is 6.25. The fourth-order valence-electron chi connectivity index (χ4n) is 0.413. The molecule has 0 aliphatic rings. The van der Waals surface area contributed by atoms with Crippen LogP contribution >= 0.6 is 12.2 Å². The highest BCUT2D eigenvalue weighted by molar-refractivity contribution is 7.79. The van der Waals surface area contributed by atoms with Gasteiger partial charge in [-0.05, 0) is 32.1 Å². The van der Waals surface area contributed by atoms with Crippen LogP contribution in [0.15, 0.2) is 17.5 Å². The lowest BCUT2D eigenvalue weighted by atomic mass is 10.5. The summed E-state index contributed by atoms with van der Waals surface area (Å²) in [5, 5.41) is 10.8. The molecule has 0 spiro atoms. The van der Waals surface area contributed by atoms with Gasteiger partial charge in [-0.15, -0.1) is 5.73 Å². The van der Waals surface area contributed by atoms with Crippen LogP contribution in [0.5, 0.6) is 0 Å². The smallest absolute Gasteiger partial charge is 0.258 e. The van der Waals surface area contributed by atoms with E-state index in [2.05, 4.69) is 23.3 Å². The van der Waals surface area contributed by atoms with Crippen LogP contribution in [0.25, 0.3) is 0 Å². The zero-order valence-electron chi connectivity index (χ0n) is 5.43. The fraction of sp³-hybridized carbons (Fsp3) is 0.333. The molecule has 0 saturated carbocycles. The van der Waals surface area contributed by atoms with Crippen LogP contribution in [-0.2, 0) is 0 Å². The van der Waals surface area contributed by atoms with Gasteiger partial charge in [-0.25, -0.2) is 0 Å². The van der Waals surface area contributed by atoms with Gasteiger partial charge in [0.15, 0.2) is 0 Å². The van der Waals surface area contributed by atoms with E-state index in [9.17, 15) is 0 Å². The highest BCUT2D eigenvalue weighted by Crippen LogP contribution is 1.80. The molecule has 9 heavy (non-hydrogen) atoms. The number of allylic oxidation sites excluding steroid dienone is 1. The molecule has 2 N–H and O–H groups in total. The monoisotopic (exact) mass is 143 g/mol. The van der Waals surface area contributed by atoms with Gasteiger partial charge in [0.2, 0.25) is 0 Å². The first-order valence-electron chi connectivity index (χ1n) is 2.54. The van der Waals surface area contributed by atoms with Gasteiger partial charge in [-0.3, -0.25) is 0 Å². The molecule has 50 valence electrons. The maximum atomic E-state index is 8.50. The number of aliphatic hydroxyl groups excluding tert-OH is 1. The molecule has 0 aliphatic carbocycles. The summed E-state index contributed by atoms with van der Waals surface area (Å²) in [6.45, 7) is 3.61. The third-order valence-corrected chi connectivity index (χ3v) is 0.757. The van der Waals surface area contributed by atoms with E-state index in [4.69, 9.17) is 5.11 Å². The Morgan fingerprint density at radius 1 is 1.78 bits per heavy atom. The molecule has 0 radical (unpaired) electrons. The first-order chi connectivity index (χ1) is 4.16. The van der Waals surface area contributed by atoms with Crippen LogP contribution in [0.3, 0.4) is 0 Å². The maximum Gasteiger partial charge on any atom is 0.258 e. The minimum atomic E-state index is -0.221. The standard InChI is InChI=1S/C6H9NOS/c1-3-4-5(2)7-6(8)9/h3H,1-2H3,(H2,7,8,9). The number of rotatable bonds is 1. The average Bonchev–Trinajstić information content (AvgIpc) is 1.63. The molecule has 0 aromatic carbocycles. The minimum absolute atomic E-state index is 0.221. The summed E-state index contributed by atoms with van der Waals surface area (Å²) in [6.07, 6.45) is 1.74. The number of thiocarbonyl (C=S) groups is 1. The van der Waals surface area contributed by atoms with Crippen LogP contribution < -0.4 is 5.32 Å². The summed E-state index contributed by atoms with van der Waals surface area (Å²) in [6, 6.07) is 0. The van der Waals surface area contributed by atoms with Crippen molar-refractivity contribution in [2.24, 2.45) is 0 Å². The molecule has 0 unspecified atom stereocenters. The Bertz CT molecular complexity index is 168. The van der Waals surface area contributed by atoms with Crippen LogP contribution in [0, 0.1) is 0 Å². The van der Waals surface area contributed by atoms with Crippen molar-refractivity contribution < 1.29 is 5.11 Å². The van der Waals surface area contributed by atoms with E-state index in [1.165, 1.54) is 0 Å². The molecule has 2 nitrogen and oxygen atoms in total. The van der Waals surface area contributed by atoms with Crippen molar-refractivity contribution in [3.63, 3.8) is 0 Å². The van der Waals surface area contributed by atoms with E-state index in [1.54, 1.807) is 13.0 Å². The van der Waals surface area contributed by atoms with Crippen LogP contribution in [0.2, 0.25) is 0 Å². The van der Waals surface area contributed by atoms with Gasteiger partial charge in [0.05, 0.1) is 5.70 Å². The predicted octanol–water partition coefficient (Wildman–Crippen LogP) is 1.50. The molecular weight excluding hydrogens is 134 g/mol. The van der Waals surface area contributed by atoms with E-state index in [0.717, 1.165) is 0 Å². The van der Waals surface area contributed by atoms with E-state index in [1.807, 2.05) is 6.92 Å². The second-order valence-electron chi connectivity index (χ2n) is 1.49. The summed E-state index contributed by atoms with van der Waals surface area (Å²) in [7, 11) is 0. The Morgan fingerprint density at radius 2 is 2.33 bits per heavy atom. The summed E-state index contributed by atoms with van der Waals surface area (Å²) in [4.78, 5) is 0. The Hall–Kier alpha value is -0.790. The van der Waals surface area contributed by atoms with Gasteiger partial charge < -0.3 is 10.4 Å². The van der Waals surface area contributed by atoms with E-state index in [-0.39, 0.29) is 5.17 Å². The zero-order chi connectivity index (χ0) is 7.28. The Morgan fingerprint density at radius 3 is 2.67 bits per heavy atom. The van der Waals surface area contributed by atoms with Gasteiger partial charge >= 0.3 is 0 Å². The number of hydrogen-bond donors (Lipinski definition) is 2. The second kappa shape index (κ2) is 4.13. The average molecular weight is 143 g/mol. The quantitative estimate of drug-likeness (QED) is 0.431. The molecule has 0 amide bonds. The fourth-order valence-corrected chi connectivity index (χ4v) is 0.566. The Labute approximate surface area is 59.9 Å². The molecule has 0 fully saturated rings. The van der Waals surface area contributed by atoms with Gasteiger partial charge in [0, 0.05) is 0 Å². The predicted molar refractivity (Wildman–Crippen MR) is 41.3 cm³/mol.